The molecule has 1 aliphatic heterocycles. The van der Waals surface area contributed by atoms with Gasteiger partial charge in [0.2, 0.25) is 0 Å². The summed E-state index contributed by atoms with van der Waals surface area (Å²) in [5.41, 5.74) is 1.27. The maximum absolute atomic E-state index is 12.5. The average molecular weight is 359 g/mol. The number of amides is 1. The van der Waals surface area contributed by atoms with E-state index in [0.29, 0.717) is 24.0 Å². The summed E-state index contributed by atoms with van der Waals surface area (Å²) in [7, 11) is 1.60. The summed E-state index contributed by atoms with van der Waals surface area (Å²) in [6.45, 7) is 8.17. The molecular formula is C19H25N3O4. The molecular weight excluding hydrogens is 334 g/mol. The van der Waals surface area contributed by atoms with E-state index in [9.17, 15) is 4.79 Å². The van der Waals surface area contributed by atoms with Crippen LogP contribution in [0.5, 0.6) is 5.75 Å². The van der Waals surface area contributed by atoms with E-state index in [-0.39, 0.29) is 12.1 Å². The van der Waals surface area contributed by atoms with E-state index < -0.39 is 5.60 Å². The number of ether oxygens (including phenoxy) is 2. The molecule has 0 spiro atoms. The fourth-order valence-electron chi connectivity index (χ4n) is 3.04. The van der Waals surface area contributed by atoms with Crippen molar-refractivity contribution in [1.29, 1.82) is 0 Å². The molecule has 7 nitrogen and oxygen atoms in total. The van der Waals surface area contributed by atoms with Crippen LogP contribution >= 0.6 is 0 Å². The Morgan fingerprint density at radius 1 is 1.35 bits per heavy atom. The number of nitrogens with zero attached hydrogens (tertiary/aromatic N) is 3. The predicted octanol–water partition coefficient (Wildman–Crippen LogP) is 4.13. The maximum atomic E-state index is 12.5. The highest BCUT2D eigenvalue weighted by atomic mass is 16.6. The van der Waals surface area contributed by atoms with Gasteiger partial charge in [0.15, 0.2) is 5.82 Å². The molecule has 2 aromatic rings. The standard InChI is InChI=1S/C19H25N3O4/c1-12-8-9-15(24-5)13(11-12)17-20-16(21-26-17)14-7-6-10-22(14)18(23)25-19(2,3)4/h8-9,11,14H,6-7,10H2,1-5H3/t14-/m0/s1. The number of aromatic nitrogens is 2. The molecule has 1 aromatic carbocycles. The molecule has 0 saturated carbocycles. The summed E-state index contributed by atoms with van der Waals surface area (Å²) in [5, 5.41) is 4.12. The minimum Gasteiger partial charge on any atom is -0.496 e. The molecule has 7 heteroatoms. The van der Waals surface area contributed by atoms with Crippen LogP contribution in [-0.4, -0.2) is 40.4 Å². The third-order valence-electron chi connectivity index (χ3n) is 4.21. The van der Waals surface area contributed by atoms with Gasteiger partial charge in [-0.1, -0.05) is 16.8 Å². The van der Waals surface area contributed by atoms with Crippen molar-refractivity contribution in [3.05, 3.63) is 29.6 Å². The Hall–Kier alpha value is -2.57. The summed E-state index contributed by atoms with van der Waals surface area (Å²) >= 11 is 0. The van der Waals surface area contributed by atoms with Gasteiger partial charge in [-0.05, 0) is 52.7 Å². The lowest BCUT2D eigenvalue weighted by atomic mass is 10.1. The highest BCUT2D eigenvalue weighted by Gasteiger charge is 2.36. The molecule has 1 fully saturated rings. The molecule has 1 aromatic heterocycles. The third-order valence-corrected chi connectivity index (χ3v) is 4.21. The Morgan fingerprint density at radius 2 is 2.12 bits per heavy atom. The largest absolute Gasteiger partial charge is 0.496 e. The first kappa shape index (κ1) is 18.2. The average Bonchev–Trinajstić information content (AvgIpc) is 3.22. The van der Waals surface area contributed by atoms with Crippen LogP contribution in [0.4, 0.5) is 4.79 Å². The van der Waals surface area contributed by atoms with Crippen molar-refractivity contribution in [3.63, 3.8) is 0 Å². The molecule has 0 bridgehead atoms. The van der Waals surface area contributed by atoms with Gasteiger partial charge in [0.1, 0.15) is 11.4 Å². The van der Waals surface area contributed by atoms with Crippen LogP contribution in [0.15, 0.2) is 22.7 Å². The zero-order valence-electron chi connectivity index (χ0n) is 15.9. The maximum Gasteiger partial charge on any atom is 0.410 e. The normalized spacial score (nSPS) is 17.4. The molecule has 0 N–H and O–H groups in total. The number of rotatable bonds is 3. The first-order chi connectivity index (χ1) is 12.3. The van der Waals surface area contributed by atoms with Gasteiger partial charge in [-0.3, -0.25) is 4.90 Å². The van der Waals surface area contributed by atoms with Crippen LogP contribution in [0.1, 0.15) is 51.0 Å². The van der Waals surface area contributed by atoms with E-state index in [1.807, 2.05) is 45.9 Å². The molecule has 140 valence electrons. The fourth-order valence-corrected chi connectivity index (χ4v) is 3.04. The van der Waals surface area contributed by atoms with Crippen molar-refractivity contribution in [2.45, 2.75) is 52.2 Å². The molecule has 1 atom stereocenters. The van der Waals surface area contributed by atoms with Crippen LogP contribution in [0.2, 0.25) is 0 Å². The number of hydrogen-bond acceptors (Lipinski definition) is 6. The van der Waals surface area contributed by atoms with Crippen molar-refractivity contribution < 1.29 is 18.8 Å². The van der Waals surface area contributed by atoms with Gasteiger partial charge in [0.25, 0.3) is 5.89 Å². The number of carbonyl (C=O) groups excluding carboxylic acids is 1. The number of benzene rings is 1. The smallest absolute Gasteiger partial charge is 0.410 e. The molecule has 1 saturated heterocycles. The molecule has 0 radical (unpaired) electrons. The van der Waals surface area contributed by atoms with Crippen molar-refractivity contribution in [3.8, 4) is 17.2 Å². The second-order valence-corrected chi connectivity index (χ2v) is 7.49. The first-order valence-corrected chi connectivity index (χ1v) is 8.77. The molecule has 26 heavy (non-hydrogen) atoms. The lowest BCUT2D eigenvalue weighted by Gasteiger charge is -2.27. The fraction of sp³-hybridized carbons (Fsp3) is 0.526. The molecule has 1 aliphatic rings. The van der Waals surface area contributed by atoms with Gasteiger partial charge in [-0.2, -0.15) is 4.98 Å². The molecule has 0 unspecified atom stereocenters. The number of likely N-dealkylation sites (tertiary alicyclic amines) is 1. The van der Waals surface area contributed by atoms with E-state index in [4.69, 9.17) is 14.0 Å². The van der Waals surface area contributed by atoms with Gasteiger partial charge in [-0.15, -0.1) is 0 Å². The first-order valence-electron chi connectivity index (χ1n) is 8.77. The third kappa shape index (κ3) is 3.81. The number of methoxy groups -OCH3 is 1. The Kier molecular flexibility index (Phi) is 4.89. The summed E-state index contributed by atoms with van der Waals surface area (Å²) in [6.07, 6.45) is 1.31. The zero-order valence-corrected chi connectivity index (χ0v) is 15.9. The summed E-state index contributed by atoms with van der Waals surface area (Å²) in [5.74, 6) is 1.55. The summed E-state index contributed by atoms with van der Waals surface area (Å²) in [6, 6.07) is 5.53. The molecule has 1 amide bonds. The van der Waals surface area contributed by atoms with Gasteiger partial charge < -0.3 is 14.0 Å². The van der Waals surface area contributed by atoms with Crippen molar-refractivity contribution in [1.82, 2.24) is 15.0 Å². The number of aryl methyl sites for hydroxylation is 1. The minimum absolute atomic E-state index is 0.238. The van der Waals surface area contributed by atoms with Crippen molar-refractivity contribution in [2.75, 3.05) is 13.7 Å². The van der Waals surface area contributed by atoms with E-state index in [1.54, 1.807) is 12.0 Å². The Balaban J connectivity index is 1.85. The minimum atomic E-state index is -0.540. The summed E-state index contributed by atoms with van der Waals surface area (Å²) in [4.78, 5) is 18.7. The Bertz CT molecular complexity index is 794. The highest BCUT2D eigenvalue weighted by molar-refractivity contribution is 5.69. The zero-order chi connectivity index (χ0) is 18.9. The van der Waals surface area contributed by atoms with Crippen LogP contribution in [0, 0.1) is 6.92 Å². The molecule has 3 rings (SSSR count). The Labute approximate surface area is 153 Å². The Morgan fingerprint density at radius 3 is 2.81 bits per heavy atom. The van der Waals surface area contributed by atoms with E-state index >= 15 is 0 Å². The van der Waals surface area contributed by atoms with Gasteiger partial charge in [-0.25, -0.2) is 4.79 Å². The van der Waals surface area contributed by atoms with Crippen molar-refractivity contribution >= 4 is 6.09 Å². The van der Waals surface area contributed by atoms with Crippen LogP contribution in [0.25, 0.3) is 11.5 Å². The second kappa shape index (κ2) is 6.97. The summed E-state index contributed by atoms with van der Waals surface area (Å²) < 4.78 is 16.4. The SMILES string of the molecule is COc1ccc(C)cc1-c1nc([C@@H]2CCCN2C(=O)OC(C)(C)C)no1. The van der Waals surface area contributed by atoms with Crippen LogP contribution in [0.3, 0.4) is 0 Å². The van der Waals surface area contributed by atoms with E-state index in [2.05, 4.69) is 10.1 Å². The number of carbonyl (C=O) groups is 1. The lowest BCUT2D eigenvalue weighted by molar-refractivity contribution is 0.0217. The lowest BCUT2D eigenvalue weighted by Crippen LogP contribution is -2.36. The quantitative estimate of drug-likeness (QED) is 0.820. The topological polar surface area (TPSA) is 77.7 Å². The van der Waals surface area contributed by atoms with E-state index in [1.165, 1.54) is 0 Å². The second-order valence-electron chi connectivity index (χ2n) is 7.49. The molecule has 2 heterocycles. The van der Waals surface area contributed by atoms with Crippen LogP contribution in [-0.2, 0) is 4.74 Å². The highest BCUT2D eigenvalue weighted by Crippen LogP contribution is 2.35. The predicted molar refractivity (Wildman–Crippen MR) is 95.9 cm³/mol. The van der Waals surface area contributed by atoms with Crippen molar-refractivity contribution in [2.24, 2.45) is 0 Å². The van der Waals surface area contributed by atoms with Gasteiger partial charge in [0.05, 0.1) is 18.7 Å². The van der Waals surface area contributed by atoms with Gasteiger partial charge in [0, 0.05) is 6.54 Å². The number of hydrogen-bond donors (Lipinski definition) is 0. The van der Waals surface area contributed by atoms with Crippen LogP contribution < -0.4 is 4.74 Å². The van der Waals surface area contributed by atoms with Gasteiger partial charge >= 0.3 is 6.09 Å². The molecule has 0 aliphatic carbocycles. The monoisotopic (exact) mass is 359 g/mol. The van der Waals surface area contributed by atoms with E-state index in [0.717, 1.165) is 24.0 Å².